The molecule has 0 bridgehead atoms. The molecule has 0 aromatic heterocycles. The lowest BCUT2D eigenvalue weighted by Crippen LogP contribution is -2.11. The Hall–Kier alpha value is -1.49. The van der Waals surface area contributed by atoms with Crippen LogP contribution in [0.2, 0.25) is 0 Å². The van der Waals surface area contributed by atoms with E-state index in [2.05, 4.69) is 4.85 Å². The Bertz CT molecular complexity index is 327. The molecule has 0 N–H and O–H groups in total. The number of hydrogen-bond acceptors (Lipinski definition) is 1. The van der Waals surface area contributed by atoms with E-state index in [1.165, 1.54) is 0 Å². The summed E-state index contributed by atoms with van der Waals surface area (Å²) in [6.45, 7) is 6.00. The number of para-hydroxylation sites is 1. The monoisotopic (exact) mass is 160 g/mol. The summed E-state index contributed by atoms with van der Waals surface area (Å²) in [6, 6.07) is 8.01. The first-order valence-electron chi connectivity index (χ1n) is 4.03. The summed E-state index contributed by atoms with van der Waals surface area (Å²) >= 11 is 0. The number of nitrogens with zero attached hydrogens (tertiary/aromatic N) is 1. The van der Waals surface area contributed by atoms with Crippen molar-refractivity contribution in [2.45, 2.75) is 12.5 Å². The molecule has 1 heterocycles. The van der Waals surface area contributed by atoms with Crippen LogP contribution in [0.3, 0.4) is 0 Å². The molecule has 2 rings (SSSR count). The highest BCUT2D eigenvalue weighted by atomic mass is 16.5. The van der Waals surface area contributed by atoms with Crippen LogP contribution in [0, 0.1) is 6.57 Å². The van der Waals surface area contributed by atoms with Crippen molar-refractivity contribution in [1.29, 1.82) is 0 Å². The summed E-state index contributed by atoms with van der Waals surface area (Å²) in [5, 5.41) is 0. The molecule has 0 aliphatic carbocycles. The van der Waals surface area contributed by atoms with Crippen LogP contribution in [0.1, 0.15) is 18.0 Å². The van der Waals surface area contributed by atoms with Crippen molar-refractivity contribution < 1.29 is 4.74 Å². The van der Waals surface area contributed by atoms with E-state index in [1.54, 1.807) is 0 Å². The van der Waals surface area contributed by atoms with Gasteiger partial charge in [-0.1, -0.05) is 17.0 Å². The van der Waals surface area contributed by atoms with Crippen molar-refractivity contribution >= 4 is 0 Å². The van der Waals surface area contributed by atoms with Crippen molar-refractivity contribution in [1.82, 2.24) is 0 Å². The van der Waals surface area contributed by atoms with Gasteiger partial charge >= 0.3 is 6.04 Å². The molecule has 0 amide bonds. The molecule has 2 nitrogen and oxygen atoms in total. The van der Waals surface area contributed by atoms with E-state index in [4.69, 9.17) is 11.3 Å². The SMILES string of the molecule is C#[N+]C1CCOc2ccccc21. The quantitative estimate of drug-likeness (QED) is 0.568. The molecule has 1 aromatic carbocycles. The smallest absolute Gasteiger partial charge is 0.303 e. The fraction of sp³-hybridized carbons (Fsp3) is 0.300. The number of hydrogen-bond donors (Lipinski definition) is 0. The van der Waals surface area contributed by atoms with Gasteiger partial charge < -0.3 is 4.74 Å². The van der Waals surface area contributed by atoms with Crippen LogP contribution in [0.25, 0.3) is 4.85 Å². The summed E-state index contributed by atoms with van der Waals surface area (Å²) in [5.41, 5.74) is 1.10. The van der Waals surface area contributed by atoms with E-state index >= 15 is 0 Å². The summed E-state index contributed by atoms with van der Waals surface area (Å²) in [6.07, 6.45) is 0.882. The van der Waals surface area contributed by atoms with Gasteiger partial charge in [-0.25, -0.2) is 0 Å². The minimum absolute atomic E-state index is 0.120. The minimum Gasteiger partial charge on any atom is -0.493 e. The Morgan fingerprint density at radius 2 is 2.25 bits per heavy atom. The van der Waals surface area contributed by atoms with Crippen LogP contribution < -0.4 is 4.74 Å². The average molecular weight is 160 g/mol. The molecule has 1 aromatic rings. The van der Waals surface area contributed by atoms with Gasteiger partial charge in [-0.15, -0.1) is 0 Å². The van der Waals surface area contributed by atoms with Crippen molar-refractivity contribution in [3.63, 3.8) is 0 Å². The topological polar surface area (TPSA) is 13.6 Å². The van der Waals surface area contributed by atoms with Crippen LogP contribution in [0.15, 0.2) is 24.3 Å². The zero-order chi connectivity index (χ0) is 8.39. The lowest BCUT2D eigenvalue weighted by molar-refractivity contribution is 0.278. The van der Waals surface area contributed by atoms with Gasteiger partial charge in [-0.2, -0.15) is 0 Å². The van der Waals surface area contributed by atoms with Crippen LogP contribution in [-0.2, 0) is 0 Å². The number of ether oxygens (including phenoxy) is 1. The van der Waals surface area contributed by atoms with E-state index in [9.17, 15) is 0 Å². The van der Waals surface area contributed by atoms with Crippen molar-refractivity contribution in [3.05, 3.63) is 34.7 Å². The molecule has 0 radical (unpaired) electrons. The molecule has 0 saturated heterocycles. The summed E-state index contributed by atoms with van der Waals surface area (Å²) < 4.78 is 5.44. The number of benzene rings is 1. The maximum absolute atomic E-state index is 5.44. The van der Waals surface area contributed by atoms with Gasteiger partial charge in [0.25, 0.3) is 6.57 Å². The highest BCUT2D eigenvalue weighted by Gasteiger charge is 2.27. The average Bonchev–Trinajstić information content (AvgIpc) is 2.17. The standard InChI is InChI=1S/C10H10NO/c1-11-9-6-7-12-10-5-3-2-4-8(9)10/h1-5,9H,6-7H2/q+1. The van der Waals surface area contributed by atoms with Crippen molar-refractivity contribution in [2.24, 2.45) is 0 Å². The molecular weight excluding hydrogens is 150 g/mol. The van der Waals surface area contributed by atoms with Gasteiger partial charge in [0.1, 0.15) is 5.75 Å². The summed E-state index contributed by atoms with van der Waals surface area (Å²) in [4.78, 5) is 3.81. The van der Waals surface area contributed by atoms with E-state index < -0.39 is 0 Å². The zero-order valence-electron chi connectivity index (χ0n) is 6.73. The molecule has 2 heteroatoms. The minimum atomic E-state index is 0.120. The van der Waals surface area contributed by atoms with Gasteiger partial charge in [0.05, 0.1) is 18.6 Å². The zero-order valence-corrected chi connectivity index (χ0v) is 6.73. The third kappa shape index (κ3) is 1.04. The second kappa shape index (κ2) is 2.86. The van der Waals surface area contributed by atoms with E-state index in [0.29, 0.717) is 6.61 Å². The van der Waals surface area contributed by atoms with Crippen LogP contribution in [-0.4, -0.2) is 6.61 Å². The Labute approximate surface area is 71.6 Å². The lowest BCUT2D eigenvalue weighted by Gasteiger charge is -2.15. The van der Waals surface area contributed by atoms with Gasteiger partial charge in [-0.05, 0) is 12.1 Å². The van der Waals surface area contributed by atoms with E-state index in [-0.39, 0.29) is 6.04 Å². The number of rotatable bonds is 0. The van der Waals surface area contributed by atoms with Crippen molar-refractivity contribution in [2.75, 3.05) is 6.61 Å². The second-order valence-electron chi connectivity index (χ2n) is 2.84. The van der Waals surface area contributed by atoms with E-state index in [0.717, 1.165) is 17.7 Å². The lowest BCUT2D eigenvalue weighted by atomic mass is 10.0. The van der Waals surface area contributed by atoms with Gasteiger partial charge in [0.15, 0.2) is 0 Å². The molecule has 1 atom stereocenters. The molecule has 1 aliphatic rings. The van der Waals surface area contributed by atoms with Gasteiger partial charge in [0.2, 0.25) is 0 Å². The highest BCUT2D eigenvalue weighted by molar-refractivity contribution is 5.38. The Balaban J connectivity index is 2.45. The predicted molar refractivity (Wildman–Crippen MR) is 47.6 cm³/mol. The molecule has 12 heavy (non-hydrogen) atoms. The van der Waals surface area contributed by atoms with Gasteiger partial charge in [-0.3, -0.25) is 0 Å². The predicted octanol–water partition coefficient (Wildman–Crippen LogP) is 2.47. The molecule has 60 valence electrons. The molecule has 1 unspecified atom stereocenters. The first kappa shape index (κ1) is 7.17. The fourth-order valence-electron chi connectivity index (χ4n) is 1.48. The third-order valence-electron chi connectivity index (χ3n) is 2.11. The summed E-state index contributed by atoms with van der Waals surface area (Å²) in [5.74, 6) is 0.919. The maximum Gasteiger partial charge on any atom is 0.303 e. The molecule has 0 fully saturated rings. The molecular formula is C10H10NO+. The molecule has 0 spiro atoms. The third-order valence-corrected chi connectivity index (χ3v) is 2.11. The normalized spacial score (nSPS) is 20.4. The number of fused-ring (bicyclic) bond motifs is 1. The Morgan fingerprint density at radius 3 is 3.08 bits per heavy atom. The first-order valence-corrected chi connectivity index (χ1v) is 4.03. The Morgan fingerprint density at radius 1 is 1.42 bits per heavy atom. The van der Waals surface area contributed by atoms with Crippen molar-refractivity contribution in [3.8, 4) is 12.3 Å². The maximum atomic E-state index is 5.44. The Kier molecular flexibility index (Phi) is 1.71. The second-order valence-corrected chi connectivity index (χ2v) is 2.84. The highest BCUT2D eigenvalue weighted by Crippen LogP contribution is 2.33. The summed E-state index contributed by atoms with van der Waals surface area (Å²) in [7, 11) is 0. The fourth-order valence-corrected chi connectivity index (χ4v) is 1.48. The molecule has 0 saturated carbocycles. The van der Waals surface area contributed by atoms with E-state index in [1.807, 2.05) is 24.3 Å². The largest absolute Gasteiger partial charge is 0.493 e. The first-order chi connectivity index (χ1) is 5.92. The van der Waals surface area contributed by atoms with Gasteiger partial charge in [0, 0.05) is 0 Å². The van der Waals surface area contributed by atoms with Crippen LogP contribution in [0.4, 0.5) is 0 Å². The molecule has 1 aliphatic heterocycles. The van der Waals surface area contributed by atoms with Crippen LogP contribution in [0.5, 0.6) is 5.75 Å². The van der Waals surface area contributed by atoms with Crippen LogP contribution >= 0.6 is 0 Å².